The van der Waals surface area contributed by atoms with Gasteiger partial charge in [0.15, 0.2) is 0 Å². The molecule has 0 aromatic heterocycles. The highest BCUT2D eigenvalue weighted by molar-refractivity contribution is 8.26. The molecule has 0 saturated carbocycles. The Balaban J connectivity index is 1.27. The van der Waals surface area contributed by atoms with Crippen molar-refractivity contribution in [3.63, 3.8) is 0 Å². The van der Waals surface area contributed by atoms with Crippen molar-refractivity contribution in [3.8, 4) is 22.6 Å². The number of hydrogen-bond acceptors (Lipinski definition) is 9. The summed E-state index contributed by atoms with van der Waals surface area (Å²) in [7, 11) is 3.96. The smallest absolute Gasteiger partial charge is 0.335 e. The molecule has 9 nitrogen and oxygen atoms in total. The third-order valence-corrected chi connectivity index (χ3v) is 9.72. The highest BCUT2D eigenvalue weighted by Gasteiger charge is 2.32. The Kier molecular flexibility index (Phi) is 12.8. The van der Waals surface area contributed by atoms with Crippen LogP contribution < -0.4 is 9.47 Å². The first-order chi connectivity index (χ1) is 23.1. The summed E-state index contributed by atoms with van der Waals surface area (Å²) in [5.41, 5.74) is 3.42. The van der Waals surface area contributed by atoms with Crippen molar-refractivity contribution in [2.75, 3.05) is 66.7 Å². The Morgan fingerprint density at radius 3 is 2.52 bits per heavy atom. The number of carbonyl (C=O) groups is 2. The lowest BCUT2D eigenvalue weighted by molar-refractivity contribution is -0.122. The molecule has 2 fully saturated rings. The van der Waals surface area contributed by atoms with Gasteiger partial charge in [-0.25, -0.2) is 4.79 Å². The number of rotatable bonds is 14. The molecule has 0 spiro atoms. The summed E-state index contributed by atoms with van der Waals surface area (Å²) in [6.45, 7) is 5.28. The summed E-state index contributed by atoms with van der Waals surface area (Å²) in [4.78, 5) is 31.5. The topological polar surface area (TPSA) is 91.8 Å². The number of halogens is 2. The summed E-state index contributed by atoms with van der Waals surface area (Å²) in [5, 5.41) is 10.6. The second-order valence-corrected chi connectivity index (χ2v) is 14.1. The van der Waals surface area contributed by atoms with E-state index in [0.29, 0.717) is 76.7 Å². The molecule has 2 aliphatic heterocycles. The summed E-state index contributed by atoms with van der Waals surface area (Å²) < 4.78 is 18.2. The van der Waals surface area contributed by atoms with E-state index < -0.39 is 5.97 Å². The van der Waals surface area contributed by atoms with Crippen LogP contribution in [0.4, 0.5) is 0 Å². The van der Waals surface area contributed by atoms with Crippen molar-refractivity contribution in [1.29, 1.82) is 0 Å². The van der Waals surface area contributed by atoms with Crippen molar-refractivity contribution in [2.45, 2.75) is 13.0 Å². The molecule has 13 heteroatoms. The van der Waals surface area contributed by atoms with Crippen LogP contribution in [0.5, 0.6) is 11.5 Å². The van der Waals surface area contributed by atoms with Gasteiger partial charge in [-0.05, 0) is 74.6 Å². The lowest BCUT2D eigenvalue weighted by Crippen LogP contribution is -2.35. The van der Waals surface area contributed by atoms with Crippen LogP contribution in [-0.2, 0) is 16.1 Å². The largest absolute Gasteiger partial charge is 0.493 e. The lowest BCUT2D eigenvalue weighted by Gasteiger charge is -2.27. The van der Waals surface area contributed by atoms with Crippen molar-refractivity contribution in [2.24, 2.45) is 0 Å². The van der Waals surface area contributed by atoms with Crippen molar-refractivity contribution in [1.82, 2.24) is 14.7 Å². The van der Waals surface area contributed by atoms with E-state index in [-0.39, 0.29) is 11.5 Å². The third kappa shape index (κ3) is 9.50. The molecular weight excluding hydrogens is 693 g/mol. The van der Waals surface area contributed by atoms with E-state index in [9.17, 15) is 14.7 Å². The lowest BCUT2D eigenvalue weighted by atomic mass is 10.0. The van der Waals surface area contributed by atoms with Gasteiger partial charge in [-0.2, -0.15) is 0 Å². The maximum Gasteiger partial charge on any atom is 0.335 e. The van der Waals surface area contributed by atoms with Crippen LogP contribution in [0.2, 0.25) is 10.0 Å². The van der Waals surface area contributed by atoms with Crippen molar-refractivity contribution >= 4 is 69.5 Å². The number of carboxylic acid groups (broad SMARTS) is 1. The van der Waals surface area contributed by atoms with Gasteiger partial charge in [0.05, 0.1) is 30.3 Å². The Morgan fingerprint density at radius 1 is 1.04 bits per heavy atom. The molecule has 1 N–H and O–H groups in total. The third-order valence-electron chi connectivity index (χ3n) is 7.80. The van der Waals surface area contributed by atoms with Gasteiger partial charge in [0.25, 0.3) is 5.91 Å². The first-order valence-electron chi connectivity index (χ1n) is 15.5. The van der Waals surface area contributed by atoms with Gasteiger partial charge in [-0.1, -0.05) is 59.3 Å². The number of carbonyl (C=O) groups excluding carboxylic acids is 1. The van der Waals surface area contributed by atoms with Crippen LogP contribution in [0, 0.1) is 0 Å². The highest BCUT2D eigenvalue weighted by Crippen LogP contribution is 2.37. The standard InChI is InChI=1S/C35H37Cl2N3O6S2/c1-38(2)11-17-46-30-8-4-23(28-7-6-27(36)21-29(28)37)18-25(30)20-32-33(41)40(35(47)48-32)10-3-14-45-31-9-5-24(34(42)43)19-26(31)22-39-12-15-44-16-13-39/h4-9,18-21H,3,10-17,22H2,1-2H3,(H,42,43). The van der Waals surface area contributed by atoms with Crippen LogP contribution in [0.3, 0.4) is 0 Å². The van der Waals surface area contributed by atoms with Gasteiger partial charge < -0.3 is 24.2 Å². The zero-order chi connectivity index (χ0) is 34.2. The highest BCUT2D eigenvalue weighted by atomic mass is 35.5. The van der Waals surface area contributed by atoms with Gasteiger partial charge in [-0.15, -0.1) is 0 Å². The summed E-state index contributed by atoms with van der Waals surface area (Å²) in [6.07, 6.45) is 2.34. The van der Waals surface area contributed by atoms with Crippen LogP contribution >= 0.6 is 47.2 Å². The fraction of sp³-hybridized carbons (Fsp3) is 0.343. The van der Waals surface area contributed by atoms with Crippen LogP contribution in [0.25, 0.3) is 17.2 Å². The molecule has 2 heterocycles. The zero-order valence-electron chi connectivity index (χ0n) is 26.7. The molecule has 48 heavy (non-hydrogen) atoms. The molecule has 2 aliphatic rings. The van der Waals surface area contributed by atoms with E-state index >= 15 is 0 Å². The molecule has 0 aliphatic carbocycles. The number of thiocarbonyl (C=S) groups is 1. The number of morpholine rings is 1. The first kappa shape index (κ1) is 36.1. The van der Waals surface area contributed by atoms with E-state index in [1.165, 1.54) is 11.8 Å². The van der Waals surface area contributed by atoms with Gasteiger partial charge in [0.1, 0.15) is 22.4 Å². The second-order valence-electron chi connectivity index (χ2n) is 11.6. The van der Waals surface area contributed by atoms with Gasteiger partial charge in [0, 0.05) is 59.5 Å². The molecule has 0 radical (unpaired) electrons. The van der Waals surface area contributed by atoms with E-state index in [1.54, 1.807) is 35.2 Å². The first-order valence-corrected chi connectivity index (χ1v) is 17.5. The van der Waals surface area contributed by atoms with E-state index in [2.05, 4.69) is 4.90 Å². The quantitative estimate of drug-likeness (QED) is 0.109. The maximum atomic E-state index is 13.6. The van der Waals surface area contributed by atoms with E-state index in [4.69, 9.17) is 49.6 Å². The number of carboxylic acids is 1. The minimum atomic E-state index is -0.986. The maximum absolute atomic E-state index is 13.6. The minimum Gasteiger partial charge on any atom is -0.493 e. The molecule has 2 saturated heterocycles. The number of ether oxygens (including phenoxy) is 3. The van der Waals surface area contributed by atoms with Gasteiger partial charge in [0.2, 0.25) is 0 Å². The Bertz CT molecular complexity index is 1700. The predicted molar refractivity (Wildman–Crippen MR) is 195 cm³/mol. The van der Waals surface area contributed by atoms with Crippen LogP contribution in [0.1, 0.15) is 27.9 Å². The zero-order valence-corrected chi connectivity index (χ0v) is 29.9. The van der Waals surface area contributed by atoms with Gasteiger partial charge in [-0.3, -0.25) is 14.6 Å². The molecule has 3 aromatic carbocycles. The van der Waals surface area contributed by atoms with Crippen molar-refractivity contribution in [3.05, 3.63) is 86.2 Å². The number of hydrogen-bond donors (Lipinski definition) is 1. The molecule has 0 bridgehead atoms. The summed E-state index contributed by atoms with van der Waals surface area (Å²) in [6, 6.07) is 16.0. The van der Waals surface area contributed by atoms with Gasteiger partial charge >= 0.3 is 5.97 Å². The number of nitrogens with zero attached hydrogens (tertiary/aromatic N) is 3. The molecule has 0 unspecified atom stereocenters. The fourth-order valence-corrected chi connectivity index (χ4v) is 7.05. The van der Waals surface area contributed by atoms with Crippen LogP contribution in [-0.4, -0.2) is 103 Å². The molecule has 1 amide bonds. The SMILES string of the molecule is CN(C)CCOc1ccc(-c2ccc(Cl)cc2Cl)cc1C=C1SC(=S)N(CCCOc2ccc(C(=O)O)cc2CN2CCOCC2)C1=O. The number of amides is 1. The molecule has 5 rings (SSSR count). The molecule has 0 atom stereocenters. The Morgan fingerprint density at radius 2 is 1.79 bits per heavy atom. The number of thioether (sulfide) groups is 1. The summed E-state index contributed by atoms with van der Waals surface area (Å²) >= 11 is 19.5. The molecule has 254 valence electrons. The number of likely N-dealkylation sites (N-methyl/N-ethyl adjacent to an activating group) is 1. The monoisotopic (exact) mass is 729 g/mol. The van der Waals surface area contributed by atoms with E-state index in [0.717, 1.165) is 41.9 Å². The predicted octanol–water partition coefficient (Wildman–Crippen LogP) is 6.80. The Labute approximate surface area is 300 Å². The number of aromatic carboxylic acids is 1. The average Bonchev–Trinajstić information content (AvgIpc) is 3.31. The summed E-state index contributed by atoms with van der Waals surface area (Å²) in [5.74, 6) is 0.100. The number of benzene rings is 3. The minimum absolute atomic E-state index is 0.182. The molecule has 3 aromatic rings. The van der Waals surface area contributed by atoms with E-state index in [1.807, 2.05) is 49.3 Å². The normalized spacial score (nSPS) is 16.3. The van der Waals surface area contributed by atoms with Crippen molar-refractivity contribution < 1.29 is 28.9 Å². The molecular formula is C35H37Cl2N3O6S2. The fourth-order valence-electron chi connectivity index (χ4n) is 5.24. The van der Waals surface area contributed by atoms with Crippen LogP contribution in [0.15, 0.2) is 59.5 Å². The second kappa shape index (κ2) is 17.0. The average molecular weight is 731 g/mol. The Hall–Kier alpha value is -3.16.